The number of benzene rings is 1. The number of hydrogen-bond donors (Lipinski definition) is 1. The Bertz CT molecular complexity index is 480. The van der Waals surface area contributed by atoms with Crippen LogP contribution in [0.1, 0.15) is 50.2 Å². The van der Waals surface area contributed by atoms with Gasteiger partial charge in [-0.3, -0.25) is 0 Å². The van der Waals surface area contributed by atoms with Gasteiger partial charge in [0, 0.05) is 18.6 Å². The summed E-state index contributed by atoms with van der Waals surface area (Å²) in [5.41, 5.74) is 2.69. The maximum absolute atomic E-state index is 12.5. The lowest BCUT2D eigenvalue weighted by molar-refractivity contribution is 0.162. The number of nitrogens with one attached hydrogen (secondary N) is 1. The van der Waals surface area contributed by atoms with Gasteiger partial charge in [0.2, 0.25) is 0 Å². The van der Waals surface area contributed by atoms with Crippen LogP contribution in [0.3, 0.4) is 0 Å². The predicted octanol–water partition coefficient (Wildman–Crippen LogP) is 3.48. The molecular formula is C17H24N2O. The summed E-state index contributed by atoms with van der Waals surface area (Å²) in [6.45, 7) is 2.90. The Morgan fingerprint density at radius 1 is 1.15 bits per heavy atom. The van der Waals surface area contributed by atoms with Crippen molar-refractivity contribution in [2.24, 2.45) is 0 Å². The Kier molecular flexibility index (Phi) is 3.95. The quantitative estimate of drug-likeness (QED) is 0.834. The van der Waals surface area contributed by atoms with Gasteiger partial charge in [-0.2, -0.15) is 0 Å². The van der Waals surface area contributed by atoms with Gasteiger partial charge >= 0.3 is 6.03 Å². The zero-order valence-corrected chi connectivity index (χ0v) is 12.3. The average Bonchev–Trinajstić information content (AvgIpc) is 2.47. The maximum Gasteiger partial charge on any atom is 0.318 e. The first-order chi connectivity index (χ1) is 9.74. The Labute approximate surface area is 121 Å². The predicted molar refractivity (Wildman–Crippen MR) is 80.6 cm³/mol. The molecule has 1 unspecified atom stereocenters. The molecule has 1 aromatic carbocycles. The summed E-state index contributed by atoms with van der Waals surface area (Å²) in [5, 5.41) is 3.24. The van der Waals surface area contributed by atoms with Crippen LogP contribution in [0.5, 0.6) is 0 Å². The van der Waals surface area contributed by atoms with Gasteiger partial charge in [-0.25, -0.2) is 4.79 Å². The van der Waals surface area contributed by atoms with Crippen LogP contribution in [0.15, 0.2) is 24.3 Å². The van der Waals surface area contributed by atoms with E-state index >= 15 is 0 Å². The van der Waals surface area contributed by atoms with Crippen molar-refractivity contribution in [3.8, 4) is 0 Å². The van der Waals surface area contributed by atoms with Gasteiger partial charge < -0.3 is 10.2 Å². The van der Waals surface area contributed by atoms with Crippen molar-refractivity contribution in [1.29, 1.82) is 0 Å². The molecule has 0 spiro atoms. The summed E-state index contributed by atoms with van der Waals surface area (Å²) >= 11 is 0. The van der Waals surface area contributed by atoms with Crippen LogP contribution < -0.4 is 5.32 Å². The van der Waals surface area contributed by atoms with Crippen molar-refractivity contribution in [2.45, 2.75) is 64.1 Å². The SMILES string of the molecule is CC1Cc2ccccc2CN1C(=O)NC1CCCCC1. The Hall–Kier alpha value is -1.51. The molecule has 108 valence electrons. The number of urea groups is 1. The third-order valence-electron chi connectivity index (χ3n) is 4.70. The lowest BCUT2D eigenvalue weighted by Gasteiger charge is -2.36. The summed E-state index contributed by atoms with van der Waals surface area (Å²) in [6.07, 6.45) is 7.08. The topological polar surface area (TPSA) is 32.3 Å². The standard InChI is InChI=1S/C17H24N2O/c1-13-11-14-7-5-6-8-15(14)12-19(13)17(20)18-16-9-3-2-4-10-16/h5-8,13,16H,2-4,9-12H2,1H3,(H,18,20). The molecule has 1 atom stereocenters. The number of hydrogen-bond acceptors (Lipinski definition) is 1. The van der Waals surface area contributed by atoms with E-state index < -0.39 is 0 Å². The van der Waals surface area contributed by atoms with E-state index in [1.165, 1.54) is 30.4 Å². The van der Waals surface area contributed by atoms with Crippen LogP contribution in [-0.4, -0.2) is 23.0 Å². The third-order valence-corrected chi connectivity index (χ3v) is 4.70. The van der Waals surface area contributed by atoms with E-state index in [9.17, 15) is 4.79 Å². The molecule has 0 radical (unpaired) electrons. The van der Waals surface area contributed by atoms with Crippen molar-refractivity contribution in [1.82, 2.24) is 10.2 Å². The summed E-state index contributed by atoms with van der Waals surface area (Å²) in [7, 11) is 0. The molecule has 2 aliphatic rings. The van der Waals surface area contributed by atoms with Crippen LogP contribution in [0.4, 0.5) is 4.79 Å². The number of amides is 2. The molecule has 2 amide bonds. The van der Waals surface area contributed by atoms with E-state index in [4.69, 9.17) is 0 Å². The molecule has 1 aliphatic heterocycles. The summed E-state index contributed by atoms with van der Waals surface area (Å²) in [6, 6.07) is 9.27. The minimum absolute atomic E-state index is 0.124. The van der Waals surface area contributed by atoms with E-state index in [1.54, 1.807) is 0 Å². The fraction of sp³-hybridized carbons (Fsp3) is 0.588. The molecule has 1 heterocycles. The van der Waals surface area contributed by atoms with Crippen molar-refractivity contribution in [3.63, 3.8) is 0 Å². The molecule has 20 heavy (non-hydrogen) atoms. The molecule has 1 N–H and O–H groups in total. The molecule has 0 bridgehead atoms. The minimum Gasteiger partial charge on any atom is -0.335 e. The molecule has 0 saturated heterocycles. The molecule has 3 heteroatoms. The Morgan fingerprint density at radius 2 is 1.85 bits per heavy atom. The number of carbonyl (C=O) groups excluding carboxylic acids is 1. The van der Waals surface area contributed by atoms with Gasteiger partial charge in [-0.1, -0.05) is 43.5 Å². The van der Waals surface area contributed by atoms with E-state index in [0.717, 1.165) is 25.8 Å². The maximum atomic E-state index is 12.5. The van der Waals surface area contributed by atoms with Crippen LogP contribution in [0.2, 0.25) is 0 Å². The molecule has 1 fully saturated rings. The highest BCUT2D eigenvalue weighted by atomic mass is 16.2. The van der Waals surface area contributed by atoms with E-state index in [-0.39, 0.29) is 12.1 Å². The summed E-state index contributed by atoms with van der Waals surface area (Å²) in [5.74, 6) is 0. The van der Waals surface area contributed by atoms with Crippen molar-refractivity contribution < 1.29 is 4.79 Å². The van der Waals surface area contributed by atoms with Gasteiger partial charge in [0.25, 0.3) is 0 Å². The number of nitrogens with zero attached hydrogens (tertiary/aromatic N) is 1. The van der Waals surface area contributed by atoms with Crippen LogP contribution in [0.25, 0.3) is 0 Å². The first-order valence-electron chi connectivity index (χ1n) is 7.88. The Balaban J connectivity index is 1.66. The monoisotopic (exact) mass is 272 g/mol. The number of rotatable bonds is 1. The van der Waals surface area contributed by atoms with Gasteiger partial charge in [0.1, 0.15) is 0 Å². The third kappa shape index (κ3) is 2.82. The van der Waals surface area contributed by atoms with Crippen LogP contribution in [-0.2, 0) is 13.0 Å². The van der Waals surface area contributed by atoms with E-state index in [0.29, 0.717) is 6.04 Å². The summed E-state index contributed by atoms with van der Waals surface area (Å²) in [4.78, 5) is 14.5. The fourth-order valence-corrected chi connectivity index (χ4v) is 3.46. The minimum atomic E-state index is 0.124. The smallest absolute Gasteiger partial charge is 0.318 e. The van der Waals surface area contributed by atoms with Crippen molar-refractivity contribution >= 4 is 6.03 Å². The molecular weight excluding hydrogens is 248 g/mol. The first kappa shape index (κ1) is 13.5. The summed E-state index contributed by atoms with van der Waals surface area (Å²) < 4.78 is 0. The van der Waals surface area contributed by atoms with Gasteiger partial charge in [0.05, 0.1) is 0 Å². The highest BCUT2D eigenvalue weighted by Gasteiger charge is 2.28. The first-order valence-corrected chi connectivity index (χ1v) is 7.88. The zero-order chi connectivity index (χ0) is 13.9. The van der Waals surface area contributed by atoms with Gasteiger partial charge in [-0.15, -0.1) is 0 Å². The van der Waals surface area contributed by atoms with Crippen molar-refractivity contribution in [3.05, 3.63) is 35.4 Å². The van der Waals surface area contributed by atoms with Gasteiger partial charge in [0.15, 0.2) is 0 Å². The van der Waals surface area contributed by atoms with Crippen LogP contribution >= 0.6 is 0 Å². The Morgan fingerprint density at radius 3 is 2.60 bits per heavy atom. The molecule has 3 rings (SSSR count). The zero-order valence-electron chi connectivity index (χ0n) is 12.3. The van der Waals surface area contributed by atoms with E-state index in [1.807, 2.05) is 4.90 Å². The molecule has 1 aromatic rings. The number of fused-ring (bicyclic) bond motifs is 1. The highest BCUT2D eigenvalue weighted by Crippen LogP contribution is 2.24. The lowest BCUT2D eigenvalue weighted by Crippen LogP contribution is -2.50. The van der Waals surface area contributed by atoms with Crippen LogP contribution in [0, 0.1) is 0 Å². The van der Waals surface area contributed by atoms with Gasteiger partial charge in [-0.05, 0) is 37.3 Å². The average molecular weight is 272 g/mol. The second kappa shape index (κ2) is 5.86. The normalized spacial score (nSPS) is 23.2. The molecule has 1 aliphatic carbocycles. The molecule has 0 aromatic heterocycles. The largest absolute Gasteiger partial charge is 0.335 e. The highest BCUT2D eigenvalue weighted by molar-refractivity contribution is 5.75. The number of carbonyl (C=O) groups is 1. The van der Waals surface area contributed by atoms with Crippen molar-refractivity contribution in [2.75, 3.05) is 0 Å². The molecule has 1 saturated carbocycles. The fourth-order valence-electron chi connectivity index (χ4n) is 3.46. The molecule has 3 nitrogen and oxygen atoms in total. The van der Waals surface area contributed by atoms with E-state index in [2.05, 4.69) is 36.5 Å². The second-order valence-electron chi connectivity index (χ2n) is 6.23. The second-order valence-corrected chi connectivity index (χ2v) is 6.23. The lowest BCUT2D eigenvalue weighted by atomic mass is 9.94.